The molecule has 2 N–H and O–H groups in total. The number of carbonyl (C=O) groups is 1. The van der Waals surface area contributed by atoms with Crippen molar-refractivity contribution < 1.29 is 9.21 Å². The number of nitrogens with zero attached hydrogens (tertiary/aromatic N) is 2. The molecule has 2 aromatic heterocycles. The summed E-state index contributed by atoms with van der Waals surface area (Å²) in [4.78, 5) is 19.7. The molecule has 2 unspecified atom stereocenters. The zero-order valence-corrected chi connectivity index (χ0v) is 21.6. The normalized spacial score (nSPS) is 17.2. The predicted octanol–water partition coefficient (Wildman–Crippen LogP) is 6.66. The van der Waals surface area contributed by atoms with Gasteiger partial charge in [0.2, 0.25) is 5.91 Å². The van der Waals surface area contributed by atoms with E-state index < -0.39 is 0 Å². The quantitative estimate of drug-likeness (QED) is 0.267. The molecule has 0 radical (unpaired) electrons. The lowest BCUT2D eigenvalue weighted by molar-refractivity contribution is -0.115. The van der Waals surface area contributed by atoms with E-state index >= 15 is 0 Å². The molecule has 2 aromatic carbocycles. The van der Waals surface area contributed by atoms with E-state index in [9.17, 15) is 4.79 Å². The number of anilines is 2. The van der Waals surface area contributed by atoms with Gasteiger partial charge in [-0.05, 0) is 79.3 Å². The summed E-state index contributed by atoms with van der Waals surface area (Å²) in [6.45, 7) is 3.82. The Balaban J connectivity index is 1.51. The number of furan rings is 1. The lowest BCUT2D eigenvalue weighted by Gasteiger charge is -2.26. The molecular weight excluding hydrogens is 488 g/mol. The Bertz CT molecular complexity index is 1370. The van der Waals surface area contributed by atoms with Crippen LogP contribution in [0.15, 0.2) is 99.5 Å². The van der Waals surface area contributed by atoms with Crippen LogP contribution in [0.5, 0.6) is 0 Å². The number of benzene rings is 2. The van der Waals surface area contributed by atoms with Crippen LogP contribution >= 0.6 is 24.0 Å². The minimum Gasteiger partial charge on any atom is -0.452 e. The first-order valence-electron chi connectivity index (χ1n) is 11.8. The van der Waals surface area contributed by atoms with Gasteiger partial charge in [0.05, 0.1) is 11.7 Å². The van der Waals surface area contributed by atoms with Gasteiger partial charge in [-0.3, -0.25) is 9.78 Å². The lowest BCUT2D eigenvalue weighted by Crippen LogP contribution is -2.29. The van der Waals surface area contributed by atoms with E-state index in [0.717, 1.165) is 38.4 Å². The number of amides is 1. The van der Waals surface area contributed by atoms with E-state index in [1.54, 1.807) is 18.0 Å². The number of pyridine rings is 1. The molecule has 1 amide bonds. The molecule has 36 heavy (non-hydrogen) atoms. The Morgan fingerprint density at radius 3 is 2.64 bits per heavy atom. The Hall–Kier alpha value is -3.62. The van der Waals surface area contributed by atoms with Crippen molar-refractivity contribution in [3.63, 3.8) is 0 Å². The summed E-state index contributed by atoms with van der Waals surface area (Å²) < 4.78 is 6.38. The van der Waals surface area contributed by atoms with Crippen LogP contribution in [0.3, 0.4) is 0 Å². The van der Waals surface area contributed by atoms with Crippen LogP contribution in [0.25, 0.3) is 0 Å². The standard InChI is InChI=1S/C28H26N4O2S2/c1-3-24(33)30-21-13-12-19(17-18(21)2)32-27(26(31-28(32)35)22-11-7-8-16-29-22)23-14-15-25(34-23)36-20-9-5-4-6-10-20/h4-17,26-27H,3H2,1-2H3,(H,30,33)(H,31,35). The van der Waals surface area contributed by atoms with Crippen LogP contribution in [0.1, 0.15) is 42.4 Å². The molecule has 2 atom stereocenters. The molecule has 8 heteroatoms. The van der Waals surface area contributed by atoms with Crippen molar-refractivity contribution in [1.82, 2.24) is 10.3 Å². The second kappa shape index (κ2) is 10.6. The van der Waals surface area contributed by atoms with Gasteiger partial charge < -0.3 is 20.0 Å². The van der Waals surface area contributed by atoms with Gasteiger partial charge in [-0.15, -0.1) is 0 Å². The summed E-state index contributed by atoms with van der Waals surface area (Å²) in [6.07, 6.45) is 2.21. The maximum Gasteiger partial charge on any atom is 0.224 e. The molecule has 1 fully saturated rings. The van der Waals surface area contributed by atoms with Crippen LogP contribution in [0, 0.1) is 6.92 Å². The van der Waals surface area contributed by atoms with Gasteiger partial charge in [-0.25, -0.2) is 0 Å². The van der Waals surface area contributed by atoms with Crippen molar-refractivity contribution in [3.05, 3.63) is 102 Å². The lowest BCUT2D eigenvalue weighted by atomic mass is 10.0. The average Bonchev–Trinajstić information content (AvgIpc) is 3.50. The molecule has 1 aliphatic heterocycles. The van der Waals surface area contributed by atoms with Crippen molar-refractivity contribution in [2.45, 2.75) is 42.3 Å². The van der Waals surface area contributed by atoms with Gasteiger partial charge in [0.15, 0.2) is 10.2 Å². The zero-order chi connectivity index (χ0) is 25.1. The molecule has 3 heterocycles. The highest BCUT2D eigenvalue weighted by molar-refractivity contribution is 7.99. The summed E-state index contributed by atoms with van der Waals surface area (Å²) in [5.41, 5.74) is 3.54. The Kier molecular flexibility index (Phi) is 7.06. The van der Waals surface area contributed by atoms with E-state index in [1.807, 2.05) is 80.6 Å². The van der Waals surface area contributed by atoms with Crippen molar-refractivity contribution in [2.24, 2.45) is 0 Å². The summed E-state index contributed by atoms with van der Waals surface area (Å²) in [7, 11) is 0. The summed E-state index contributed by atoms with van der Waals surface area (Å²) >= 11 is 7.40. The topological polar surface area (TPSA) is 70.4 Å². The molecule has 0 aliphatic carbocycles. The molecular formula is C28H26N4O2S2. The molecule has 0 spiro atoms. The number of hydrogen-bond acceptors (Lipinski definition) is 5. The van der Waals surface area contributed by atoms with E-state index in [1.165, 1.54) is 0 Å². The molecule has 5 rings (SSSR count). The number of aromatic nitrogens is 1. The van der Waals surface area contributed by atoms with Crippen LogP contribution in [0.2, 0.25) is 0 Å². The van der Waals surface area contributed by atoms with Crippen molar-refractivity contribution in [3.8, 4) is 0 Å². The number of rotatable bonds is 7. The highest BCUT2D eigenvalue weighted by Crippen LogP contribution is 2.44. The molecule has 1 aliphatic rings. The van der Waals surface area contributed by atoms with Crippen LogP contribution in [-0.4, -0.2) is 16.0 Å². The van der Waals surface area contributed by atoms with Crippen LogP contribution < -0.4 is 15.5 Å². The fraction of sp³-hybridized carbons (Fsp3) is 0.179. The van der Waals surface area contributed by atoms with Gasteiger partial charge in [-0.2, -0.15) is 0 Å². The maximum atomic E-state index is 11.9. The smallest absolute Gasteiger partial charge is 0.224 e. The number of aryl methyl sites for hydroxylation is 1. The number of carbonyl (C=O) groups excluding carboxylic acids is 1. The Morgan fingerprint density at radius 1 is 1.11 bits per heavy atom. The van der Waals surface area contributed by atoms with Crippen molar-refractivity contribution >= 4 is 46.4 Å². The summed E-state index contributed by atoms with van der Waals surface area (Å²) in [5.74, 6) is 0.772. The fourth-order valence-corrected chi connectivity index (χ4v) is 5.40. The van der Waals surface area contributed by atoms with E-state index in [4.69, 9.17) is 16.6 Å². The second-order valence-electron chi connectivity index (χ2n) is 8.47. The maximum absolute atomic E-state index is 11.9. The van der Waals surface area contributed by atoms with Crippen LogP contribution in [-0.2, 0) is 4.79 Å². The van der Waals surface area contributed by atoms with Gasteiger partial charge in [0.25, 0.3) is 0 Å². The molecule has 4 aromatic rings. The molecule has 0 saturated carbocycles. The Morgan fingerprint density at radius 2 is 1.92 bits per heavy atom. The van der Waals surface area contributed by atoms with E-state index in [0.29, 0.717) is 11.5 Å². The average molecular weight is 515 g/mol. The third-order valence-corrected chi connectivity index (χ3v) is 7.28. The first-order chi connectivity index (χ1) is 17.5. The highest BCUT2D eigenvalue weighted by Gasteiger charge is 2.42. The first kappa shape index (κ1) is 24.1. The number of nitrogens with one attached hydrogen (secondary N) is 2. The minimum atomic E-state index is -0.243. The second-order valence-corrected chi connectivity index (χ2v) is 9.93. The molecule has 0 bridgehead atoms. The summed E-state index contributed by atoms with van der Waals surface area (Å²) in [5, 5.41) is 7.82. The molecule has 182 valence electrons. The third-order valence-electron chi connectivity index (χ3n) is 6.04. The molecule has 1 saturated heterocycles. The third kappa shape index (κ3) is 5.01. The number of hydrogen-bond donors (Lipinski definition) is 2. The number of thiocarbonyl (C=S) groups is 1. The first-order valence-corrected chi connectivity index (χ1v) is 13.0. The SMILES string of the molecule is CCC(=O)Nc1ccc(N2C(=S)NC(c3ccccn3)C2c2ccc(Sc3ccccc3)o2)cc1C. The monoisotopic (exact) mass is 514 g/mol. The van der Waals surface area contributed by atoms with Gasteiger partial charge in [0, 0.05) is 28.9 Å². The van der Waals surface area contributed by atoms with Gasteiger partial charge in [0.1, 0.15) is 11.8 Å². The zero-order valence-electron chi connectivity index (χ0n) is 20.0. The fourth-order valence-electron chi connectivity index (χ4n) is 4.25. The Labute approximate surface area is 220 Å². The van der Waals surface area contributed by atoms with Gasteiger partial charge >= 0.3 is 0 Å². The van der Waals surface area contributed by atoms with E-state index in [2.05, 4.69) is 32.7 Å². The van der Waals surface area contributed by atoms with E-state index in [-0.39, 0.29) is 18.0 Å². The van der Waals surface area contributed by atoms with Crippen molar-refractivity contribution in [1.29, 1.82) is 0 Å². The van der Waals surface area contributed by atoms with Gasteiger partial charge in [-0.1, -0.05) is 43.0 Å². The predicted molar refractivity (Wildman–Crippen MR) is 147 cm³/mol. The molecule has 6 nitrogen and oxygen atoms in total. The highest BCUT2D eigenvalue weighted by atomic mass is 32.2. The summed E-state index contributed by atoms with van der Waals surface area (Å²) in [6, 6.07) is 25.5. The minimum absolute atomic E-state index is 0.0173. The van der Waals surface area contributed by atoms with Crippen LogP contribution in [0.4, 0.5) is 11.4 Å². The largest absolute Gasteiger partial charge is 0.452 e. The van der Waals surface area contributed by atoms with Crippen molar-refractivity contribution in [2.75, 3.05) is 10.2 Å².